The molecule has 0 unspecified atom stereocenters. The molecule has 1 fully saturated rings. The summed E-state index contributed by atoms with van der Waals surface area (Å²) in [5.41, 5.74) is 3.23. The van der Waals surface area contributed by atoms with Crippen molar-refractivity contribution in [1.82, 2.24) is 19.9 Å². The van der Waals surface area contributed by atoms with Crippen LogP contribution in [0.5, 0.6) is 5.75 Å². The number of ketones is 1. The van der Waals surface area contributed by atoms with Gasteiger partial charge in [-0.25, -0.2) is 4.98 Å². The Kier molecular flexibility index (Phi) is 6.44. The molecule has 0 spiro atoms. The Hall–Kier alpha value is -4.72. The third-order valence-electron chi connectivity index (χ3n) is 6.95. The number of H-pyrrole nitrogens is 1. The fourth-order valence-electron chi connectivity index (χ4n) is 4.87. The summed E-state index contributed by atoms with van der Waals surface area (Å²) in [7, 11) is 0. The molecule has 38 heavy (non-hydrogen) atoms. The number of likely N-dealkylation sites (tertiary alicyclic amines) is 1. The molecule has 6 rings (SSSR count). The number of rotatable bonds is 7. The molecule has 1 amide bonds. The predicted molar refractivity (Wildman–Crippen MR) is 146 cm³/mol. The molecule has 1 aliphatic rings. The van der Waals surface area contributed by atoms with Gasteiger partial charge in [-0.05, 0) is 41.8 Å². The molecule has 4 heterocycles. The van der Waals surface area contributed by atoms with Gasteiger partial charge in [-0.2, -0.15) is 0 Å². The SMILES string of the molecule is O=C(c1ccc2cc[nH]c2c1)c1ccc2cccc(NCC(=O)N3CCC(Oc4ccncc4)CC3)c2n1. The van der Waals surface area contributed by atoms with Gasteiger partial charge in [0.25, 0.3) is 0 Å². The lowest BCUT2D eigenvalue weighted by molar-refractivity contribution is -0.131. The minimum Gasteiger partial charge on any atom is -0.490 e. The van der Waals surface area contributed by atoms with Crippen molar-refractivity contribution in [2.45, 2.75) is 18.9 Å². The number of anilines is 1. The van der Waals surface area contributed by atoms with E-state index in [0.717, 1.165) is 40.6 Å². The molecule has 2 aromatic carbocycles. The van der Waals surface area contributed by atoms with E-state index in [2.05, 4.69) is 15.3 Å². The minimum atomic E-state index is -0.147. The Labute approximate surface area is 219 Å². The summed E-state index contributed by atoms with van der Waals surface area (Å²) in [4.78, 5) is 39.9. The van der Waals surface area contributed by atoms with Crippen LogP contribution in [-0.2, 0) is 4.79 Å². The fourth-order valence-corrected chi connectivity index (χ4v) is 4.87. The third kappa shape index (κ3) is 4.93. The van der Waals surface area contributed by atoms with Crippen molar-refractivity contribution < 1.29 is 14.3 Å². The van der Waals surface area contributed by atoms with Crippen LogP contribution in [-0.4, -0.2) is 57.3 Å². The van der Waals surface area contributed by atoms with Crippen LogP contribution < -0.4 is 10.1 Å². The number of hydrogen-bond donors (Lipinski definition) is 2. The van der Waals surface area contributed by atoms with Crippen molar-refractivity contribution in [2.75, 3.05) is 25.0 Å². The maximum Gasteiger partial charge on any atom is 0.241 e. The van der Waals surface area contributed by atoms with Gasteiger partial charge in [-0.1, -0.05) is 30.3 Å². The number of carbonyl (C=O) groups excluding carboxylic acids is 2. The number of nitrogens with zero attached hydrogens (tertiary/aromatic N) is 3. The van der Waals surface area contributed by atoms with E-state index in [1.807, 2.05) is 71.8 Å². The average molecular weight is 506 g/mol. The maximum absolute atomic E-state index is 13.2. The van der Waals surface area contributed by atoms with Crippen molar-refractivity contribution in [3.8, 4) is 5.75 Å². The largest absolute Gasteiger partial charge is 0.490 e. The van der Waals surface area contributed by atoms with E-state index in [-0.39, 0.29) is 24.3 Å². The second-order valence-electron chi connectivity index (χ2n) is 9.42. The summed E-state index contributed by atoms with van der Waals surface area (Å²) in [6, 6.07) is 20.6. The highest BCUT2D eigenvalue weighted by molar-refractivity contribution is 6.10. The Morgan fingerprint density at radius 2 is 1.79 bits per heavy atom. The van der Waals surface area contributed by atoms with Gasteiger partial charge in [0.2, 0.25) is 11.7 Å². The van der Waals surface area contributed by atoms with Gasteiger partial charge >= 0.3 is 0 Å². The van der Waals surface area contributed by atoms with Crippen molar-refractivity contribution in [1.29, 1.82) is 0 Å². The second kappa shape index (κ2) is 10.3. The Balaban J connectivity index is 1.12. The van der Waals surface area contributed by atoms with Gasteiger partial charge < -0.3 is 19.9 Å². The molecule has 1 aliphatic heterocycles. The summed E-state index contributed by atoms with van der Waals surface area (Å²) in [5, 5.41) is 5.20. The molecule has 2 N–H and O–H groups in total. The molecular weight excluding hydrogens is 478 g/mol. The number of benzene rings is 2. The topological polar surface area (TPSA) is 100 Å². The first kappa shape index (κ1) is 23.7. The molecule has 0 radical (unpaired) electrons. The molecule has 8 nitrogen and oxygen atoms in total. The van der Waals surface area contributed by atoms with Crippen molar-refractivity contribution >= 4 is 39.2 Å². The summed E-state index contributed by atoms with van der Waals surface area (Å²) >= 11 is 0. The molecule has 0 aliphatic carbocycles. The highest BCUT2D eigenvalue weighted by atomic mass is 16.5. The van der Waals surface area contributed by atoms with Crippen LogP contribution in [0.25, 0.3) is 21.8 Å². The van der Waals surface area contributed by atoms with Gasteiger partial charge in [0.05, 0.1) is 17.7 Å². The lowest BCUT2D eigenvalue weighted by Crippen LogP contribution is -2.44. The molecule has 190 valence electrons. The highest BCUT2D eigenvalue weighted by Crippen LogP contribution is 2.24. The molecule has 3 aromatic heterocycles. The number of carbonyl (C=O) groups is 2. The Morgan fingerprint density at radius 1 is 0.974 bits per heavy atom. The predicted octanol–water partition coefficient (Wildman–Crippen LogP) is 4.82. The molecule has 5 aromatic rings. The summed E-state index contributed by atoms with van der Waals surface area (Å²) in [6.45, 7) is 1.44. The van der Waals surface area contributed by atoms with Crippen LogP contribution in [0.4, 0.5) is 5.69 Å². The number of fused-ring (bicyclic) bond motifs is 2. The molecule has 0 bridgehead atoms. The lowest BCUT2D eigenvalue weighted by Gasteiger charge is -2.32. The quantitative estimate of drug-likeness (QED) is 0.308. The lowest BCUT2D eigenvalue weighted by atomic mass is 10.0. The molecule has 0 saturated carbocycles. The van der Waals surface area contributed by atoms with E-state index in [1.165, 1.54) is 0 Å². The van der Waals surface area contributed by atoms with Gasteiger partial charge in [0, 0.05) is 61.0 Å². The van der Waals surface area contributed by atoms with E-state index < -0.39 is 0 Å². The van der Waals surface area contributed by atoms with E-state index in [4.69, 9.17) is 9.72 Å². The zero-order chi connectivity index (χ0) is 25.9. The molecule has 1 saturated heterocycles. The Morgan fingerprint density at radius 3 is 2.63 bits per heavy atom. The van der Waals surface area contributed by atoms with Gasteiger partial charge in [0.15, 0.2) is 0 Å². The van der Waals surface area contributed by atoms with Crippen LogP contribution in [0.15, 0.2) is 85.3 Å². The van der Waals surface area contributed by atoms with Gasteiger partial charge in [-0.15, -0.1) is 0 Å². The number of ether oxygens (including phenoxy) is 1. The molecule has 8 heteroatoms. The number of nitrogens with one attached hydrogen (secondary N) is 2. The van der Waals surface area contributed by atoms with Gasteiger partial charge in [0.1, 0.15) is 17.5 Å². The first-order valence-electron chi connectivity index (χ1n) is 12.7. The average Bonchev–Trinajstić information content (AvgIpc) is 3.44. The zero-order valence-corrected chi connectivity index (χ0v) is 20.8. The second-order valence-corrected chi connectivity index (χ2v) is 9.42. The fraction of sp³-hybridized carbons (Fsp3) is 0.200. The number of piperidine rings is 1. The Bertz CT molecular complexity index is 1610. The van der Waals surface area contributed by atoms with Crippen LogP contribution in [0.1, 0.15) is 28.9 Å². The highest BCUT2D eigenvalue weighted by Gasteiger charge is 2.24. The summed E-state index contributed by atoms with van der Waals surface area (Å²) in [5.74, 6) is 0.680. The monoisotopic (exact) mass is 505 g/mol. The number of aromatic nitrogens is 3. The van der Waals surface area contributed by atoms with Crippen LogP contribution >= 0.6 is 0 Å². The molecular formula is C30H27N5O3. The van der Waals surface area contributed by atoms with Crippen molar-refractivity contribution in [2.24, 2.45) is 0 Å². The number of amides is 1. The number of pyridine rings is 2. The third-order valence-corrected chi connectivity index (χ3v) is 6.95. The van der Waals surface area contributed by atoms with Gasteiger partial charge in [-0.3, -0.25) is 14.6 Å². The summed E-state index contributed by atoms with van der Waals surface area (Å²) < 4.78 is 6.01. The smallest absolute Gasteiger partial charge is 0.241 e. The van der Waals surface area contributed by atoms with E-state index in [9.17, 15) is 9.59 Å². The first-order valence-corrected chi connectivity index (χ1v) is 12.7. The molecule has 0 atom stereocenters. The number of para-hydroxylation sites is 1. The van der Waals surface area contributed by atoms with Crippen LogP contribution in [0.2, 0.25) is 0 Å². The first-order chi connectivity index (χ1) is 18.6. The van der Waals surface area contributed by atoms with E-state index >= 15 is 0 Å². The van der Waals surface area contributed by atoms with E-state index in [0.29, 0.717) is 29.9 Å². The zero-order valence-electron chi connectivity index (χ0n) is 20.8. The van der Waals surface area contributed by atoms with Crippen molar-refractivity contribution in [3.05, 3.63) is 96.6 Å². The number of aromatic amines is 1. The van der Waals surface area contributed by atoms with Crippen LogP contribution in [0.3, 0.4) is 0 Å². The normalized spacial score (nSPS) is 14.1. The van der Waals surface area contributed by atoms with Crippen molar-refractivity contribution in [3.63, 3.8) is 0 Å². The number of hydrogen-bond acceptors (Lipinski definition) is 6. The maximum atomic E-state index is 13.2. The summed E-state index contributed by atoms with van der Waals surface area (Å²) in [6.07, 6.45) is 6.93. The van der Waals surface area contributed by atoms with Crippen LogP contribution in [0, 0.1) is 0 Å². The standard InChI is InChI=1S/C30H27N5O3/c36-28(35-16-11-24(12-17-35)38-23-9-13-31-14-10-23)19-33-25-3-1-2-21-6-7-26(34-29(21)25)30(37)22-5-4-20-8-15-32-27(20)18-22/h1-10,13-15,18,24,32-33H,11-12,16-17,19H2. The minimum absolute atomic E-state index is 0.0239. The van der Waals surface area contributed by atoms with E-state index in [1.54, 1.807) is 18.5 Å².